The number of halogens is 2. The van der Waals surface area contributed by atoms with Gasteiger partial charge < -0.3 is 5.73 Å². The van der Waals surface area contributed by atoms with Gasteiger partial charge >= 0.3 is 0 Å². The van der Waals surface area contributed by atoms with E-state index in [2.05, 4.69) is 4.99 Å². The first-order valence-electron chi connectivity index (χ1n) is 7.45. The van der Waals surface area contributed by atoms with E-state index in [1.54, 1.807) is 6.92 Å². The molecule has 1 aliphatic heterocycles. The Morgan fingerprint density at radius 3 is 2.61 bits per heavy atom. The average Bonchev–Trinajstić information content (AvgIpc) is 3.26. The third kappa shape index (κ3) is 2.58. The average molecular weight is 343 g/mol. The lowest BCUT2D eigenvalue weighted by atomic mass is 9.86. The van der Waals surface area contributed by atoms with Gasteiger partial charge in [-0.05, 0) is 25.3 Å². The van der Waals surface area contributed by atoms with Crippen LogP contribution in [0.1, 0.15) is 31.7 Å². The first-order chi connectivity index (χ1) is 10.7. The summed E-state index contributed by atoms with van der Waals surface area (Å²) in [6.07, 6.45) is 2.30. The molecule has 1 saturated carbocycles. The third-order valence-electron chi connectivity index (χ3n) is 4.76. The summed E-state index contributed by atoms with van der Waals surface area (Å²) in [5.74, 6) is -1.44. The molecular weight excluding hydrogens is 324 g/mol. The summed E-state index contributed by atoms with van der Waals surface area (Å²) in [6, 6.07) is 3.10. The molecule has 1 aromatic carbocycles. The second-order valence-electron chi connectivity index (χ2n) is 6.42. The van der Waals surface area contributed by atoms with Crippen molar-refractivity contribution in [2.45, 2.75) is 37.0 Å². The third-order valence-corrected chi connectivity index (χ3v) is 7.08. The molecule has 0 spiro atoms. The van der Waals surface area contributed by atoms with E-state index in [1.165, 1.54) is 13.1 Å². The number of aliphatic imine (C=N–C) groups is 1. The van der Waals surface area contributed by atoms with E-state index >= 15 is 0 Å². The second-order valence-corrected chi connectivity index (χ2v) is 8.57. The summed E-state index contributed by atoms with van der Waals surface area (Å²) in [5.41, 5.74) is 4.42. The lowest BCUT2D eigenvalue weighted by Crippen LogP contribution is -2.56. The van der Waals surface area contributed by atoms with E-state index in [1.807, 2.05) is 0 Å². The van der Waals surface area contributed by atoms with Crippen LogP contribution in [0.2, 0.25) is 0 Å². The number of nitrogens with two attached hydrogens (primary N) is 1. The van der Waals surface area contributed by atoms with Crippen molar-refractivity contribution in [3.05, 3.63) is 35.4 Å². The molecule has 1 heterocycles. The first-order valence-corrected chi connectivity index (χ1v) is 8.95. The SMILES string of the molecule is CN1C(N)=N[C@](C)(c2ccc(F)cc2F)[C@@H](CC2CC2)S1(=O)=O. The van der Waals surface area contributed by atoms with Gasteiger partial charge in [-0.1, -0.05) is 18.9 Å². The maximum atomic E-state index is 14.3. The minimum Gasteiger partial charge on any atom is -0.369 e. The summed E-state index contributed by atoms with van der Waals surface area (Å²) in [5, 5.41) is -0.931. The number of hydrogen-bond acceptors (Lipinski definition) is 4. The van der Waals surface area contributed by atoms with E-state index in [-0.39, 0.29) is 11.5 Å². The zero-order valence-electron chi connectivity index (χ0n) is 13.0. The van der Waals surface area contributed by atoms with E-state index in [0.717, 1.165) is 29.3 Å². The normalized spacial score (nSPS) is 30.2. The Morgan fingerprint density at radius 2 is 2.04 bits per heavy atom. The van der Waals surface area contributed by atoms with Crippen molar-refractivity contribution in [3.63, 3.8) is 0 Å². The van der Waals surface area contributed by atoms with Crippen molar-refractivity contribution in [1.82, 2.24) is 4.31 Å². The van der Waals surface area contributed by atoms with Crippen LogP contribution in [0.5, 0.6) is 0 Å². The Morgan fingerprint density at radius 1 is 1.39 bits per heavy atom. The largest absolute Gasteiger partial charge is 0.369 e. The molecule has 2 atom stereocenters. The van der Waals surface area contributed by atoms with Gasteiger partial charge in [-0.15, -0.1) is 0 Å². The molecule has 8 heteroatoms. The van der Waals surface area contributed by atoms with Gasteiger partial charge in [0.1, 0.15) is 22.4 Å². The van der Waals surface area contributed by atoms with Gasteiger partial charge in [0, 0.05) is 18.7 Å². The maximum Gasteiger partial charge on any atom is 0.242 e. The molecule has 0 aromatic heterocycles. The molecule has 126 valence electrons. The number of guanidine groups is 1. The lowest BCUT2D eigenvalue weighted by molar-refractivity contribution is 0.370. The zero-order valence-corrected chi connectivity index (χ0v) is 13.8. The van der Waals surface area contributed by atoms with Crippen LogP contribution in [0, 0.1) is 17.6 Å². The highest BCUT2D eigenvalue weighted by Gasteiger charge is 2.52. The fourth-order valence-electron chi connectivity index (χ4n) is 3.13. The van der Waals surface area contributed by atoms with Crippen molar-refractivity contribution in [2.75, 3.05) is 7.05 Å². The summed E-state index contributed by atoms with van der Waals surface area (Å²) in [4.78, 5) is 4.29. The van der Waals surface area contributed by atoms with Crippen LogP contribution in [-0.2, 0) is 15.6 Å². The Kier molecular flexibility index (Phi) is 3.62. The van der Waals surface area contributed by atoms with E-state index in [4.69, 9.17) is 5.73 Å². The standard InChI is InChI=1S/C15H19F2N3O2S/c1-15(11-6-5-10(16)8-12(11)17)13(7-9-3-4-9)23(21,22)20(2)14(18)19-15/h5-6,8-9,13H,3-4,7H2,1-2H3,(H2,18,19)/t13-,15-/m1/s1. The predicted molar refractivity (Wildman–Crippen MR) is 83.1 cm³/mol. The molecule has 0 saturated heterocycles. The van der Waals surface area contributed by atoms with Gasteiger partial charge in [0.25, 0.3) is 0 Å². The number of sulfonamides is 1. The van der Waals surface area contributed by atoms with Gasteiger partial charge in [-0.25, -0.2) is 26.5 Å². The molecule has 1 aromatic rings. The Balaban J connectivity index is 2.19. The quantitative estimate of drug-likeness (QED) is 0.911. The van der Waals surface area contributed by atoms with Gasteiger partial charge in [0.05, 0.1) is 0 Å². The molecule has 1 aliphatic carbocycles. The van der Waals surface area contributed by atoms with Gasteiger partial charge in [0.15, 0.2) is 0 Å². The summed E-state index contributed by atoms with van der Waals surface area (Å²) >= 11 is 0. The molecule has 0 amide bonds. The van der Waals surface area contributed by atoms with Crippen LogP contribution in [0.25, 0.3) is 0 Å². The van der Waals surface area contributed by atoms with Crippen LogP contribution < -0.4 is 5.73 Å². The molecule has 3 rings (SSSR count). The molecule has 0 unspecified atom stereocenters. The van der Waals surface area contributed by atoms with Crippen LogP contribution in [0.3, 0.4) is 0 Å². The highest BCUT2D eigenvalue weighted by Crippen LogP contribution is 2.45. The Bertz CT molecular complexity index is 777. The molecule has 0 radical (unpaired) electrons. The van der Waals surface area contributed by atoms with Crippen LogP contribution in [0.4, 0.5) is 8.78 Å². The monoisotopic (exact) mass is 343 g/mol. The van der Waals surface area contributed by atoms with Gasteiger partial charge in [-0.3, -0.25) is 0 Å². The number of nitrogens with zero attached hydrogens (tertiary/aromatic N) is 2. The van der Waals surface area contributed by atoms with Gasteiger partial charge in [0.2, 0.25) is 16.0 Å². The van der Waals surface area contributed by atoms with Crippen molar-refractivity contribution < 1.29 is 17.2 Å². The summed E-state index contributed by atoms with van der Waals surface area (Å²) < 4.78 is 54.1. The van der Waals surface area contributed by atoms with Crippen molar-refractivity contribution >= 4 is 16.0 Å². The molecular formula is C15H19F2N3O2S. The van der Waals surface area contributed by atoms with E-state index in [9.17, 15) is 17.2 Å². The minimum atomic E-state index is -3.77. The minimum absolute atomic E-state index is 0.0455. The molecule has 5 nitrogen and oxygen atoms in total. The topological polar surface area (TPSA) is 75.8 Å². The fraction of sp³-hybridized carbons (Fsp3) is 0.533. The van der Waals surface area contributed by atoms with Crippen LogP contribution in [0.15, 0.2) is 23.2 Å². The maximum absolute atomic E-state index is 14.3. The summed E-state index contributed by atoms with van der Waals surface area (Å²) in [6.45, 7) is 1.55. The molecule has 1 fully saturated rings. The molecule has 2 N–H and O–H groups in total. The Hall–Kier alpha value is -1.70. The first kappa shape index (κ1) is 16.2. The van der Waals surface area contributed by atoms with Crippen LogP contribution >= 0.6 is 0 Å². The van der Waals surface area contributed by atoms with Crippen LogP contribution in [-0.4, -0.2) is 31.0 Å². The van der Waals surface area contributed by atoms with Crippen molar-refractivity contribution in [1.29, 1.82) is 0 Å². The molecule has 2 aliphatic rings. The highest BCUT2D eigenvalue weighted by molar-refractivity contribution is 7.90. The molecule has 0 bridgehead atoms. The lowest BCUT2D eigenvalue weighted by Gasteiger charge is -2.41. The molecule has 23 heavy (non-hydrogen) atoms. The van der Waals surface area contributed by atoms with E-state index in [0.29, 0.717) is 12.3 Å². The van der Waals surface area contributed by atoms with Gasteiger partial charge in [-0.2, -0.15) is 0 Å². The van der Waals surface area contributed by atoms with Crippen molar-refractivity contribution in [2.24, 2.45) is 16.6 Å². The smallest absolute Gasteiger partial charge is 0.242 e. The Labute approximate surface area is 134 Å². The number of hydrogen-bond donors (Lipinski definition) is 1. The predicted octanol–water partition coefficient (Wildman–Crippen LogP) is 1.94. The fourth-order valence-corrected chi connectivity index (χ4v) is 5.09. The van der Waals surface area contributed by atoms with E-state index < -0.39 is 32.4 Å². The highest BCUT2D eigenvalue weighted by atomic mass is 32.2. The number of benzene rings is 1. The zero-order chi connectivity index (χ0) is 17.0. The van der Waals surface area contributed by atoms with Crippen molar-refractivity contribution in [3.8, 4) is 0 Å². The number of rotatable bonds is 3. The summed E-state index contributed by atoms with van der Waals surface area (Å²) in [7, 11) is -2.43. The second kappa shape index (κ2) is 5.15.